The Kier molecular flexibility index (Phi) is 6.64. The molecule has 84 valence electrons. The Morgan fingerprint density at radius 2 is 1.40 bits per heavy atom. The van der Waals surface area contributed by atoms with E-state index in [4.69, 9.17) is 10.5 Å². The smallest absolute Gasteiger partial charge is 0.132 e. The highest BCUT2D eigenvalue weighted by Gasteiger charge is 2.26. The van der Waals surface area contributed by atoms with Crippen LogP contribution in [-0.2, 0) is 0 Å². The first-order valence-corrected chi connectivity index (χ1v) is 5.14. The average Bonchev–Trinajstić information content (AvgIpc) is 2.16. The third-order valence-electron chi connectivity index (χ3n) is 1.42. The van der Waals surface area contributed by atoms with Gasteiger partial charge in [0.1, 0.15) is 17.2 Å². The van der Waals surface area contributed by atoms with E-state index in [1.807, 2.05) is 40.7 Å². The van der Waals surface area contributed by atoms with Gasteiger partial charge >= 0.3 is 0 Å². The lowest BCUT2D eigenvalue weighted by molar-refractivity contribution is 0.568. The van der Waals surface area contributed by atoms with E-state index in [1.165, 1.54) is 0 Å². The number of aliphatic imine (C=N–C) groups is 1. The first kappa shape index (κ1) is 16.1. The van der Waals surface area contributed by atoms with E-state index in [2.05, 4.69) is 11.1 Å². The zero-order chi connectivity index (χ0) is 12.7. The van der Waals surface area contributed by atoms with E-state index in [1.54, 1.807) is 13.8 Å². The molecule has 0 spiro atoms. The summed E-state index contributed by atoms with van der Waals surface area (Å²) in [5, 5.41) is 17.6. The van der Waals surface area contributed by atoms with Crippen LogP contribution in [0.15, 0.2) is 4.99 Å². The molecule has 0 atom stereocenters. The fourth-order valence-corrected chi connectivity index (χ4v) is 0.693. The summed E-state index contributed by atoms with van der Waals surface area (Å²) < 4.78 is 0. The molecule has 0 fully saturated rings. The summed E-state index contributed by atoms with van der Waals surface area (Å²) >= 11 is 0. The average molecular weight is 207 g/mol. The predicted octanol–water partition coefficient (Wildman–Crippen LogP) is 3.33. The number of nitrogens with zero attached hydrogens (tertiary/aromatic N) is 3. The van der Waals surface area contributed by atoms with Crippen LogP contribution in [-0.4, -0.2) is 11.3 Å². The molecule has 0 aliphatic rings. The number of hydrogen-bond donors (Lipinski definition) is 0. The predicted molar refractivity (Wildman–Crippen MR) is 63.5 cm³/mol. The van der Waals surface area contributed by atoms with Crippen LogP contribution in [0, 0.1) is 28.1 Å². The quantitative estimate of drug-likeness (QED) is 0.619. The Bertz CT molecular complexity index is 292. The minimum absolute atomic E-state index is 0.294. The summed E-state index contributed by atoms with van der Waals surface area (Å²) in [4.78, 5) is 4.20. The molecule has 0 amide bonds. The van der Waals surface area contributed by atoms with Gasteiger partial charge in [0, 0.05) is 0 Å². The zero-order valence-electron chi connectivity index (χ0n) is 10.8. The Labute approximate surface area is 93.4 Å². The van der Waals surface area contributed by atoms with Crippen molar-refractivity contribution in [2.45, 2.75) is 54.0 Å². The van der Waals surface area contributed by atoms with Crippen LogP contribution in [0.3, 0.4) is 0 Å². The molecule has 0 aromatic heterocycles. The lowest BCUT2D eigenvalue weighted by Crippen LogP contribution is -2.25. The molecular formula is C12H21N3. The van der Waals surface area contributed by atoms with Gasteiger partial charge in [0.2, 0.25) is 0 Å². The van der Waals surface area contributed by atoms with Crippen LogP contribution in [0.4, 0.5) is 0 Å². The maximum absolute atomic E-state index is 8.82. The van der Waals surface area contributed by atoms with Crippen molar-refractivity contribution in [3.05, 3.63) is 0 Å². The highest BCUT2D eigenvalue weighted by molar-refractivity contribution is 6.04. The third-order valence-corrected chi connectivity index (χ3v) is 1.42. The lowest BCUT2D eigenvalue weighted by Gasteiger charge is -2.18. The first-order chi connectivity index (χ1) is 6.73. The SMILES string of the molecule is CC.CC(C)(C)N=C(C#N)C(C)(C)C#N. The highest BCUT2D eigenvalue weighted by atomic mass is 14.8. The monoisotopic (exact) mass is 207 g/mol. The molecule has 0 saturated heterocycles. The fourth-order valence-electron chi connectivity index (χ4n) is 0.693. The van der Waals surface area contributed by atoms with E-state index in [0.29, 0.717) is 5.71 Å². The van der Waals surface area contributed by atoms with Gasteiger partial charge in [-0.1, -0.05) is 13.8 Å². The van der Waals surface area contributed by atoms with Gasteiger partial charge in [0.25, 0.3) is 0 Å². The van der Waals surface area contributed by atoms with Gasteiger partial charge in [-0.2, -0.15) is 10.5 Å². The molecule has 3 nitrogen and oxygen atoms in total. The van der Waals surface area contributed by atoms with Crippen LogP contribution < -0.4 is 0 Å². The second-order valence-electron chi connectivity index (χ2n) is 4.48. The van der Waals surface area contributed by atoms with E-state index in [-0.39, 0.29) is 5.54 Å². The Morgan fingerprint density at radius 3 is 1.60 bits per heavy atom. The molecule has 0 N–H and O–H groups in total. The summed E-state index contributed by atoms with van der Waals surface area (Å²) in [6.07, 6.45) is 0. The van der Waals surface area contributed by atoms with Gasteiger partial charge < -0.3 is 0 Å². The Balaban J connectivity index is 0. The van der Waals surface area contributed by atoms with Crippen molar-refractivity contribution in [2.75, 3.05) is 0 Å². The maximum atomic E-state index is 8.82. The Hall–Kier alpha value is -1.35. The van der Waals surface area contributed by atoms with E-state index in [0.717, 1.165) is 0 Å². The van der Waals surface area contributed by atoms with Gasteiger partial charge in [-0.25, -0.2) is 0 Å². The molecule has 0 saturated carbocycles. The van der Waals surface area contributed by atoms with Gasteiger partial charge in [0.15, 0.2) is 0 Å². The van der Waals surface area contributed by atoms with Crippen molar-refractivity contribution >= 4 is 5.71 Å². The van der Waals surface area contributed by atoms with Gasteiger partial charge in [0.05, 0.1) is 11.6 Å². The van der Waals surface area contributed by atoms with Crippen molar-refractivity contribution in [3.8, 4) is 12.1 Å². The Morgan fingerprint density at radius 1 is 1.00 bits per heavy atom. The van der Waals surface area contributed by atoms with E-state index >= 15 is 0 Å². The van der Waals surface area contributed by atoms with E-state index < -0.39 is 5.41 Å². The largest absolute Gasteiger partial charge is 0.271 e. The molecule has 0 aromatic rings. The zero-order valence-corrected chi connectivity index (χ0v) is 10.8. The highest BCUT2D eigenvalue weighted by Crippen LogP contribution is 2.19. The molecule has 0 rings (SSSR count). The first-order valence-electron chi connectivity index (χ1n) is 5.14. The van der Waals surface area contributed by atoms with E-state index in [9.17, 15) is 0 Å². The molecular weight excluding hydrogens is 186 g/mol. The molecule has 0 bridgehead atoms. The third kappa shape index (κ3) is 6.69. The number of nitriles is 2. The van der Waals surface area contributed by atoms with Crippen molar-refractivity contribution < 1.29 is 0 Å². The van der Waals surface area contributed by atoms with Crippen molar-refractivity contribution in [1.29, 1.82) is 10.5 Å². The molecule has 0 aliphatic heterocycles. The van der Waals surface area contributed by atoms with Crippen molar-refractivity contribution in [3.63, 3.8) is 0 Å². The van der Waals surface area contributed by atoms with Gasteiger partial charge in [-0.05, 0) is 34.6 Å². The van der Waals surface area contributed by atoms with Crippen molar-refractivity contribution in [2.24, 2.45) is 10.4 Å². The minimum atomic E-state index is -0.790. The normalized spacial score (nSPS) is 11.9. The summed E-state index contributed by atoms with van der Waals surface area (Å²) in [5.74, 6) is 0. The van der Waals surface area contributed by atoms with Crippen LogP contribution in [0.5, 0.6) is 0 Å². The molecule has 0 aliphatic carbocycles. The number of rotatable bonds is 1. The molecule has 0 heterocycles. The second-order valence-corrected chi connectivity index (χ2v) is 4.48. The van der Waals surface area contributed by atoms with Gasteiger partial charge in [-0.3, -0.25) is 4.99 Å². The standard InChI is InChI=1S/C10H15N3.C2H6/c1-9(2,3)13-8(6-11)10(4,5)7-12;1-2/h1-5H3;1-2H3. The molecule has 0 unspecified atom stereocenters. The van der Waals surface area contributed by atoms with Crippen LogP contribution in [0.2, 0.25) is 0 Å². The summed E-state index contributed by atoms with van der Waals surface area (Å²) in [6.45, 7) is 13.1. The fraction of sp³-hybridized carbons (Fsp3) is 0.750. The number of hydrogen-bond acceptors (Lipinski definition) is 3. The second kappa shape index (κ2) is 6.19. The summed E-state index contributed by atoms with van der Waals surface area (Å²) in [6, 6.07) is 4.04. The van der Waals surface area contributed by atoms with Crippen LogP contribution in [0.1, 0.15) is 48.5 Å². The van der Waals surface area contributed by atoms with Crippen LogP contribution >= 0.6 is 0 Å². The summed E-state index contributed by atoms with van der Waals surface area (Å²) in [5.41, 5.74) is -0.802. The molecule has 0 aromatic carbocycles. The molecule has 0 radical (unpaired) electrons. The van der Waals surface area contributed by atoms with Crippen LogP contribution in [0.25, 0.3) is 0 Å². The minimum Gasteiger partial charge on any atom is -0.271 e. The molecule has 3 heteroatoms. The summed E-state index contributed by atoms with van der Waals surface area (Å²) in [7, 11) is 0. The topological polar surface area (TPSA) is 59.9 Å². The van der Waals surface area contributed by atoms with Crippen molar-refractivity contribution in [1.82, 2.24) is 0 Å². The lowest BCUT2D eigenvalue weighted by atomic mass is 9.89. The molecule has 15 heavy (non-hydrogen) atoms. The maximum Gasteiger partial charge on any atom is 0.132 e. The van der Waals surface area contributed by atoms with Gasteiger partial charge in [-0.15, -0.1) is 0 Å².